The number of carbonyl (C=O) groups excluding carboxylic acids is 5. The van der Waals surface area contributed by atoms with E-state index in [0.717, 1.165) is 5.56 Å². The molecule has 13 nitrogen and oxygen atoms in total. The predicted octanol–water partition coefficient (Wildman–Crippen LogP) is 4.82. The lowest BCUT2D eigenvalue weighted by atomic mass is 9.98. The maximum atomic E-state index is 13.6. The maximum Gasteiger partial charge on any atom is 0.490 e. The summed E-state index contributed by atoms with van der Waals surface area (Å²) in [5.74, 6) is -4.23. The van der Waals surface area contributed by atoms with Gasteiger partial charge in [0.15, 0.2) is 0 Å². The molecule has 314 valence electrons. The number of carboxylic acid groups (broad SMARTS) is 1. The molecule has 5 atom stereocenters. The lowest BCUT2D eigenvalue weighted by molar-refractivity contribution is -0.192. The molecule has 0 bridgehead atoms. The molecule has 5 amide bonds. The smallest absolute Gasteiger partial charge is 0.490 e. The van der Waals surface area contributed by atoms with Crippen molar-refractivity contribution in [3.05, 3.63) is 59.9 Å². The minimum absolute atomic E-state index is 0.0322. The second kappa shape index (κ2) is 22.7. The molecule has 1 aliphatic heterocycles. The quantitative estimate of drug-likeness (QED) is 0.152. The van der Waals surface area contributed by atoms with E-state index in [-0.39, 0.29) is 36.2 Å². The van der Waals surface area contributed by atoms with E-state index < -0.39 is 66.0 Å². The number of benzene rings is 1. The third-order valence-corrected chi connectivity index (χ3v) is 8.47. The Morgan fingerprint density at radius 3 is 1.75 bits per heavy atom. The van der Waals surface area contributed by atoms with Crippen molar-refractivity contribution in [2.45, 2.75) is 118 Å². The molecule has 16 heteroatoms. The van der Waals surface area contributed by atoms with Crippen LogP contribution in [0.5, 0.6) is 0 Å². The standard InChI is InChI=1S/C38H59N5O6.C2HF3O2/c1-23(2)19-29(40-37(47)30(20-24(3)4)41-38(48)35(26(7)8)42(10)11)36(46)39-27(9)17-18-32(44)43-33(45)21-31(34(43)25(5)6)49-22-28-15-13-12-14-16-28;3-2(4,5)1(6)7/h12-18,21,23-27,29-30,34-35H,19-20,22H2,1-11H3,(H,39,46)(H,40,47)(H,41,48);(H,6,7)/b18-17+;/t27-,29-,30-,34-,35-;/m0./s1. The third-order valence-electron chi connectivity index (χ3n) is 8.47. The summed E-state index contributed by atoms with van der Waals surface area (Å²) in [7, 11) is 3.66. The van der Waals surface area contributed by atoms with Gasteiger partial charge in [-0.05, 0) is 63.1 Å². The molecule has 1 aliphatic rings. The number of likely N-dealkylation sites (N-methyl/N-ethyl adjacent to an activating group) is 1. The number of halogens is 3. The largest absolute Gasteiger partial charge is 0.491 e. The van der Waals surface area contributed by atoms with E-state index in [4.69, 9.17) is 14.6 Å². The van der Waals surface area contributed by atoms with Crippen LogP contribution < -0.4 is 16.0 Å². The number of alkyl halides is 3. The van der Waals surface area contributed by atoms with Gasteiger partial charge in [-0.3, -0.25) is 33.8 Å². The zero-order chi connectivity index (χ0) is 43.1. The van der Waals surface area contributed by atoms with Crippen molar-refractivity contribution in [1.29, 1.82) is 0 Å². The molecule has 0 aliphatic carbocycles. The number of carboxylic acids is 1. The molecular formula is C40H60F3N5O8. The molecule has 0 unspecified atom stereocenters. The van der Waals surface area contributed by atoms with Crippen LogP contribution in [0, 0.1) is 23.7 Å². The summed E-state index contributed by atoms with van der Waals surface area (Å²) < 4.78 is 37.7. The highest BCUT2D eigenvalue weighted by Crippen LogP contribution is 2.28. The average molecular weight is 796 g/mol. The SMILES string of the molecule is CC(C)C[C@H](NC(=O)[C@H](CC(C)C)NC(=O)[C@H](C(C)C)N(C)C)C(=O)N[C@@H](C)/C=C/C(=O)N1C(=O)C=C(OCc2ccccc2)[C@@H]1C(C)C.O=C(O)C(F)(F)F. The van der Waals surface area contributed by atoms with Crippen molar-refractivity contribution < 1.29 is 51.8 Å². The highest BCUT2D eigenvalue weighted by Gasteiger charge is 2.40. The zero-order valence-electron chi connectivity index (χ0n) is 34.3. The van der Waals surface area contributed by atoms with E-state index in [1.807, 2.05) is 105 Å². The molecule has 4 N–H and O–H groups in total. The number of ether oxygens (including phenoxy) is 1. The summed E-state index contributed by atoms with van der Waals surface area (Å²) in [5.41, 5.74) is 0.948. The Hall–Kier alpha value is -4.73. The molecular weight excluding hydrogens is 735 g/mol. The average Bonchev–Trinajstić information content (AvgIpc) is 3.41. The number of hydrogen-bond donors (Lipinski definition) is 4. The topological polar surface area (TPSA) is 174 Å². The first-order valence-electron chi connectivity index (χ1n) is 18.7. The normalized spacial score (nSPS) is 16.7. The molecule has 2 rings (SSSR count). The van der Waals surface area contributed by atoms with E-state index in [1.165, 1.54) is 23.1 Å². The van der Waals surface area contributed by atoms with Crippen LogP contribution in [-0.4, -0.2) is 101 Å². The fraction of sp³-hybridized carbons (Fsp3) is 0.600. The van der Waals surface area contributed by atoms with Gasteiger partial charge in [-0.1, -0.05) is 91.8 Å². The van der Waals surface area contributed by atoms with E-state index >= 15 is 0 Å². The van der Waals surface area contributed by atoms with Crippen LogP contribution in [0.2, 0.25) is 0 Å². The molecule has 0 spiro atoms. The predicted molar refractivity (Wildman–Crippen MR) is 205 cm³/mol. The van der Waals surface area contributed by atoms with Gasteiger partial charge in [0.25, 0.3) is 11.8 Å². The monoisotopic (exact) mass is 795 g/mol. The first-order chi connectivity index (χ1) is 25.9. The van der Waals surface area contributed by atoms with Gasteiger partial charge in [-0.2, -0.15) is 13.2 Å². The second-order valence-corrected chi connectivity index (χ2v) is 15.5. The van der Waals surface area contributed by atoms with Gasteiger partial charge in [0, 0.05) is 18.2 Å². The van der Waals surface area contributed by atoms with Crippen LogP contribution in [-0.2, 0) is 40.1 Å². The van der Waals surface area contributed by atoms with Crippen LogP contribution >= 0.6 is 0 Å². The van der Waals surface area contributed by atoms with Gasteiger partial charge in [-0.15, -0.1) is 0 Å². The second-order valence-electron chi connectivity index (χ2n) is 15.5. The van der Waals surface area contributed by atoms with E-state index in [9.17, 15) is 37.1 Å². The van der Waals surface area contributed by atoms with Gasteiger partial charge in [0.05, 0.1) is 12.1 Å². The number of carbonyl (C=O) groups is 6. The Kier molecular flexibility index (Phi) is 20.0. The van der Waals surface area contributed by atoms with Crippen molar-refractivity contribution in [2.24, 2.45) is 23.7 Å². The Bertz CT molecular complexity index is 1540. The molecule has 1 aromatic carbocycles. The molecule has 1 aromatic rings. The van der Waals surface area contributed by atoms with Crippen LogP contribution in [0.3, 0.4) is 0 Å². The number of nitrogens with zero attached hydrogens (tertiary/aromatic N) is 2. The number of imide groups is 1. The van der Waals surface area contributed by atoms with Gasteiger partial charge in [0.1, 0.15) is 24.4 Å². The Morgan fingerprint density at radius 2 is 1.32 bits per heavy atom. The Morgan fingerprint density at radius 1 is 0.839 bits per heavy atom. The minimum Gasteiger partial charge on any atom is -0.491 e. The molecule has 0 saturated carbocycles. The van der Waals surface area contributed by atoms with Crippen molar-refractivity contribution >= 4 is 35.5 Å². The summed E-state index contributed by atoms with van der Waals surface area (Å²) in [5, 5.41) is 15.8. The lowest BCUT2D eigenvalue weighted by Crippen LogP contribution is -2.57. The molecule has 0 fully saturated rings. The van der Waals surface area contributed by atoms with Gasteiger partial charge in [0.2, 0.25) is 17.7 Å². The fourth-order valence-corrected chi connectivity index (χ4v) is 6.03. The zero-order valence-corrected chi connectivity index (χ0v) is 34.3. The molecule has 0 radical (unpaired) electrons. The van der Waals surface area contributed by atoms with Gasteiger partial charge < -0.3 is 25.8 Å². The molecule has 0 aromatic heterocycles. The Labute approximate surface area is 328 Å². The third kappa shape index (κ3) is 16.6. The van der Waals surface area contributed by atoms with Crippen molar-refractivity contribution in [1.82, 2.24) is 25.8 Å². The summed E-state index contributed by atoms with van der Waals surface area (Å²) >= 11 is 0. The number of hydrogen-bond acceptors (Lipinski definition) is 8. The van der Waals surface area contributed by atoms with Crippen LogP contribution in [0.15, 0.2) is 54.3 Å². The lowest BCUT2D eigenvalue weighted by Gasteiger charge is -2.30. The molecule has 56 heavy (non-hydrogen) atoms. The first-order valence-corrected chi connectivity index (χ1v) is 18.7. The van der Waals surface area contributed by atoms with E-state index in [2.05, 4.69) is 16.0 Å². The number of aliphatic carboxylic acids is 1. The number of rotatable bonds is 18. The molecule has 1 heterocycles. The summed E-state index contributed by atoms with van der Waals surface area (Å²) in [4.78, 5) is 78.4. The number of amides is 5. The van der Waals surface area contributed by atoms with Gasteiger partial charge in [-0.25, -0.2) is 4.79 Å². The van der Waals surface area contributed by atoms with E-state index in [0.29, 0.717) is 18.6 Å². The number of nitrogens with one attached hydrogen (secondary N) is 3. The summed E-state index contributed by atoms with van der Waals surface area (Å²) in [6, 6.07) is 6.35. The Balaban J connectivity index is 0.00000203. The summed E-state index contributed by atoms with van der Waals surface area (Å²) in [6.07, 6.45) is -0.128. The maximum absolute atomic E-state index is 13.6. The highest BCUT2D eigenvalue weighted by molar-refractivity contribution is 6.08. The molecule has 0 saturated heterocycles. The minimum atomic E-state index is -5.08. The van der Waals surface area contributed by atoms with Crippen LogP contribution in [0.25, 0.3) is 0 Å². The van der Waals surface area contributed by atoms with Crippen molar-refractivity contribution in [2.75, 3.05) is 14.1 Å². The van der Waals surface area contributed by atoms with E-state index in [1.54, 1.807) is 6.92 Å². The first kappa shape index (κ1) is 49.3. The fourth-order valence-electron chi connectivity index (χ4n) is 6.03. The highest BCUT2D eigenvalue weighted by atomic mass is 19.4. The van der Waals surface area contributed by atoms with Crippen molar-refractivity contribution in [3.8, 4) is 0 Å². The summed E-state index contributed by atoms with van der Waals surface area (Å²) in [6.45, 7) is 17.6. The van der Waals surface area contributed by atoms with Gasteiger partial charge >= 0.3 is 12.1 Å². The van der Waals surface area contributed by atoms with Crippen LogP contribution in [0.4, 0.5) is 13.2 Å². The van der Waals surface area contributed by atoms with Crippen molar-refractivity contribution in [3.63, 3.8) is 0 Å². The van der Waals surface area contributed by atoms with Crippen LogP contribution in [0.1, 0.15) is 80.7 Å².